The van der Waals surface area contributed by atoms with Crippen molar-refractivity contribution in [3.8, 4) is 0 Å². The number of anilines is 1. The lowest BCUT2D eigenvalue weighted by molar-refractivity contribution is -0.144. The zero-order valence-electron chi connectivity index (χ0n) is 14.1. The first-order valence-electron chi connectivity index (χ1n) is 7.79. The number of ether oxygens (including phenoxy) is 1. The molecule has 0 spiro atoms. The molecule has 0 saturated carbocycles. The lowest BCUT2D eigenvalue weighted by Gasteiger charge is -2.24. The zero-order chi connectivity index (χ0) is 15.9. The van der Waals surface area contributed by atoms with Gasteiger partial charge in [0.2, 0.25) is 0 Å². The Morgan fingerprint density at radius 3 is 2.65 bits per heavy atom. The van der Waals surface area contributed by atoms with E-state index >= 15 is 0 Å². The standard InChI is InChI=1S/C19H23NO2.BrH/c1-13(18(21)22-4)11-20-12-19(2,3)17-15-8-6-5-7-14(15)9-10-16(17)20;/h5-10,13H,11-12H2,1-4H3;1H. The van der Waals surface area contributed by atoms with Gasteiger partial charge in [-0.05, 0) is 22.4 Å². The third-order valence-electron chi connectivity index (χ3n) is 4.61. The van der Waals surface area contributed by atoms with Gasteiger partial charge in [-0.1, -0.05) is 51.1 Å². The number of carbonyl (C=O) groups is 1. The largest absolute Gasteiger partial charge is 0.469 e. The molecule has 1 aliphatic rings. The average Bonchev–Trinajstić information content (AvgIpc) is 2.77. The quantitative estimate of drug-likeness (QED) is 0.745. The minimum absolute atomic E-state index is 0. The molecule has 1 unspecified atom stereocenters. The summed E-state index contributed by atoms with van der Waals surface area (Å²) in [6, 6.07) is 12.9. The van der Waals surface area contributed by atoms with E-state index in [1.165, 1.54) is 29.1 Å². The number of rotatable bonds is 3. The van der Waals surface area contributed by atoms with Gasteiger partial charge in [-0.2, -0.15) is 0 Å². The molecule has 2 aromatic rings. The average molecular weight is 378 g/mol. The summed E-state index contributed by atoms with van der Waals surface area (Å²) in [5.41, 5.74) is 2.72. The van der Waals surface area contributed by atoms with Crippen LogP contribution < -0.4 is 4.90 Å². The minimum atomic E-state index is -0.146. The van der Waals surface area contributed by atoms with Gasteiger partial charge in [-0.25, -0.2) is 0 Å². The van der Waals surface area contributed by atoms with Crippen LogP contribution in [0.1, 0.15) is 26.3 Å². The van der Waals surface area contributed by atoms with Crippen LogP contribution in [0.4, 0.5) is 5.69 Å². The van der Waals surface area contributed by atoms with Crippen molar-refractivity contribution >= 4 is 39.4 Å². The maximum Gasteiger partial charge on any atom is 0.310 e. The smallest absolute Gasteiger partial charge is 0.310 e. The molecule has 0 fully saturated rings. The number of nitrogens with zero attached hydrogens (tertiary/aromatic N) is 1. The van der Waals surface area contributed by atoms with Crippen LogP contribution in [0, 0.1) is 5.92 Å². The minimum Gasteiger partial charge on any atom is -0.469 e. The van der Waals surface area contributed by atoms with E-state index in [-0.39, 0.29) is 34.3 Å². The second-order valence-corrected chi connectivity index (χ2v) is 6.87. The summed E-state index contributed by atoms with van der Waals surface area (Å²) in [5.74, 6) is -0.273. The van der Waals surface area contributed by atoms with Crippen LogP contribution in [-0.2, 0) is 14.9 Å². The first-order valence-corrected chi connectivity index (χ1v) is 7.79. The number of benzene rings is 2. The Balaban J connectivity index is 0.00000192. The van der Waals surface area contributed by atoms with Gasteiger partial charge in [0.1, 0.15) is 0 Å². The summed E-state index contributed by atoms with van der Waals surface area (Å²) in [7, 11) is 1.45. The fourth-order valence-electron chi connectivity index (χ4n) is 3.65. The Bertz CT molecular complexity index is 726. The Hall–Kier alpha value is -1.55. The van der Waals surface area contributed by atoms with Gasteiger partial charge in [-0.3, -0.25) is 4.79 Å². The van der Waals surface area contributed by atoms with E-state index < -0.39 is 0 Å². The van der Waals surface area contributed by atoms with Gasteiger partial charge in [0, 0.05) is 24.2 Å². The number of hydrogen-bond acceptors (Lipinski definition) is 3. The highest BCUT2D eigenvalue weighted by molar-refractivity contribution is 8.93. The summed E-state index contributed by atoms with van der Waals surface area (Å²) >= 11 is 0. The van der Waals surface area contributed by atoms with E-state index in [2.05, 4.69) is 55.1 Å². The molecule has 3 nitrogen and oxygen atoms in total. The molecule has 0 amide bonds. The van der Waals surface area contributed by atoms with E-state index in [9.17, 15) is 4.79 Å². The van der Waals surface area contributed by atoms with E-state index in [0.717, 1.165) is 6.54 Å². The Labute approximate surface area is 148 Å². The van der Waals surface area contributed by atoms with E-state index in [0.29, 0.717) is 6.54 Å². The van der Waals surface area contributed by atoms with Crippen molar-refractivity contribution in [2.75, 3.05) is 25.1 Å². The zero-order valence-corrected chi connectivity index (χ0v) is 15.8. The fraction of sp³-hybridized carbons (Fsp3) is 0.421. The van der Waals surface area contributed by atoms with Crippen LogP contribution in [0.2, 0.25) is 0 Å². The summed E-state index contributed by atoms with van der Waals surface area (Å²) in [5, 5.41) is 2.59. The van der Waals surface area contributed by atoms with E-state index in [4.69, 9.17) is 4.74 Å². The summed E-state index contributed by atoms with van der Waals surface area (Å²) in [6.07, 6.45) is 0. The van der Waals surface area contributed by atoms with Crippen LogP contribution >= 0.6 is 17.0 Å². The van der Waals surface area contributed by atoms with Crippen LogP contribution in [0.25, 0.3) is 10.8 Å². The Kier molecular flexibility index (Phi) is 5.04. The molecule has 1 atom stereocenters. The summed E-state index contributed by atoms with van der Waals surface area (Å²) in [6.45, 7) is 8.11. The molecule has 124 valence electrons. The highest BCUT2D eigenvalue weighted by Gasteiger charge is 2.37. The van der Waals surface area contributed by atoms with Crippen molar-refractivity contribution in [3.63, 3.8) is 0 Å². The SMILES string of the molecule is Br.COC(=O)C(C)CN1CC(C)(C)c2c1ccc1ccccc21. The van der Waals surface area contributed by atoms with E-state index in [1.54, 1.807) is 0 Å². The second kappa shape index (κ2) is 6.52. The summed E-state index contributed by atoms with van der Waals surface area (Å²) in [4.78, 5) is 14.1. The van der Waals surface area contributed by atoms with Gasteiger partial charge in [-0.15, -0.1) is 17.0 Å². The number of methoxy groups -OCH3 is 1. The summed E-state index contributed by atoms with van der Waals surface area (Å²) < 4.78 is 4.87. The molecule has 23 heavy (non-hydrogen) atoms. The number of fused-ring (bicyclic) bond motifs is 3. The van der Waals surface area contributed by atoms with Crippen LogP contribution in [-0.4, -0.2) is 26.2 Å². The molecule has 0 aliphatic carbocycles. The van der Waals surface area contributed by atoms with Crippen molar-refractivity contribution in [3.05, 3.63) is 42.0 Å². The third-order valence-corrected chi connectivity index (χ3v) is 4.61. The molecular formula is C19H24BrNO2. The van der Waals surface area contributed by atoms with Crippen LogP contribution in [0.15, 0.2) is 36.4 Å². The van der Waals surface area contributed by atoms with Gasteiger partial charge >= 0.3 is 5.97 Å². The number of halogens is 1. The first-order chi connectivity index (χ1) is 10.4. The lowest BCUT2D eigenvalue weighted by atomic mass is 9.84. The van der Waals surface area contributed by atoms with Crippen LogP contribution in [0.5, 0.6) is 0 Å². The molecule has 1 aliphatic heterocycles. The van der Waals surface area contributed by atoms with Gasteiger partial charge in [0.15, 0.2) is 0 Å². The predicted molar refractivity (Wildman–Crippen MR) is 101 cm³/mol. The second-order valence-electron chi connectivity index (χ2n) is 6.87. The van der Waals surface area contributed by atoms with Gasteiger partial charge in [0.05, 0.1) is 13.0 Å². The molecule has 2 aromatic carbocycles. The van der Waals surface area contributed by atoms with Gasteiger partial charge in [0.25, 0.3) is 0 Å². The highest BCUT2D eigenvalue weighted by Crippen LogP contribution is 2.44. The van der Waals surface area contributed by atoms with Crippen molar-refractivity contribution in [1.82, 2.24) is 0 Å². The lowest BCUT2D eigenvalue weighted by Crippen LogP contribution is -2.34. The fourth-order valence-corrected chi connectivity index (χ4v) is 3.65. The molecule has 3 rings (SSSR count). The van der Waals surface area contributed by atoms with Crippen molar-refractivity contribution in [1.29, 1.82) is 0 Å². The van der Waals surface area contributed by atoms with E-state index in [1.807, 2.05) is 6.92 Å². The van der Waals surface area contributed by atoms with Crippen molar-refractivity contribution in [2.45, 2.75) is 26.2 Å². The molecule has 4 heteroatoms. The van der Waals surface area contributed by atoms with Crippen molar-refractivity contribution < 1.29 is 9.53 Å². The molecule has 1 heterocycles. The number of hydrogen-bond donors (Lipinski definition) is 0. The van der Waals surface area contributed by atoms with Crippen molar-refractivity contribution in [2.24, 2.45) is 5.92 Å². The maximum absolute atomic E-state index is 11.7. The predicted octanol–water partition coefficient (Wildman–Crippen LogP) is 4.32. The monoisotopic (exact) mass is 377 g/mol. The number of carbonyl (C=O) groups excluding carboxylic acids is 1. The molecule has 0 saturated heterocycles. The topological polar surface area (TPSA) is 29.5 Å². The molecule has 0 bridgehead atoms. The Morgan fingerprint density at radius 2 is 1.96 bits per heavy atom. The van der Waals surface area contributed by atoms with Gasteiger partial charge < -0.3 is 9.64 Å². The molecule has 0 radical (unpaired) electrons. The first kappa shape index (κ1) is 17.8. The maximum atomic E-state index is 11.7. The number of esters is 1. The normalized spacial score (nSPS) is 16.6. The highest BCUT2D eigenvalue weighted by atomic mass is 79.9. The third kappa shape index (κ3) is 3.09. The molecule has 0 N–H and O–H groups in total. The van der Waals surface area contributed by atoms with Crippen LogP contribution in [0.3, 0.4) is 0 Å². The molecule has 0 aromatic heterocycles. The Morgan fingerprint density at radius 1 is 1.26 bits per heavy atom. The molecular weight excluding hydrogens is 354 g/mol.